The molecular weight excluding hydrogens is 310 g/mol. The van der Waals surface area contributed by atoms with Crippen molar-refractivity contribution in [3.05, 3.63) is 23.8 Å². The number of benzene rings is 1. The molecule has 2 N–H and O–H groups in total. The van der Waals surface area contributed by atoms with Crippen molar-refractivity contribution in [1.29, 1.82) is 0 Å². The van der Waals surface area contributed by atoms with Crippen LogP contribution in [0.4, 0.5) is 4.79 Å². The number of carbonyl (C=O) groups excluding carboxylic acids is 2. The predicted molar refractivity (Wildman–Crippen MR) is 90.3 cm³/mol. The molecule has 0 unspecified atom stereocenters. The van der Waals surface area contributed by atoms with Gasteiger partial charge in [-0.25, -0.2) is 4.79 Å². The van der Waals surface area contributed by atoms with Gasteiger partial charge in [0, 0.05) is 37.7 Å². The Bertz CT molecular complexity index is 591. The Morgan fingerprint density at radius 2 is 2.08 bits per heavy atom. The first-order valence-electron chi connectivity index (χ1n) is 8.06. The summed E-state index contributed by atoms with van der Waals surface area (Å²) in [6.07, 6.45) is 2.36. The number of nitrogens with one attached hydrogen (secondary N) is 2. The maximum atomic E-state index is 11.8. The summed E-state index contributed by atoms with van der Waals surface area (Å²) >= 11 is 0. The molecule has 3 amide bonds. The number of imide groups is 1. The number of hydrogen-bond acceptors (Lipinski definition) is 5. The molecule has 0 aromatic heterocycles. The van der Waals surface area contributed by atoms with E-state index in [2.05, 4.69) is 15.5 Å². The summed E-state index contributed by atoms with van der Waals surface area (Å²) in [5, 5.41) is 4.66. The van der Waals surface area contributed by atoms with Crippen LogP contribution in [0, 0.1) is 0 Å². The van der Waals surface area contributed by atoms with Gasteiger partial charge in [-0.3, -0.25) is 15.0 Å². The zero-order valence-electron chi connectivity index (χ0n) is 14.4. The number of hydrogen-bond donors (Lipinski definition) is 2. The van der Waals surface area contributed by atoms with Crippen molar-refractivity contribution in [1.82, 2.24) is 15.5 Å². The molecule has 7 nitrogen and oxygen atoms in total. The van der Waals surface area contributed by atoms with Gasteiger partial charge in [0.2, 0.25) is 5.91 Å². The first-order valence-corrected chi connectivity index (χ1v) is 8.06. The molecule has 1 aromatic rings. The first-order chi connectivity index (χ1) is 11.6. The Hall–Kier alpha value is -2.28. The fourth-order valence-electron chi connectivity index (χ4n) is 3.04. The first kappa shape index (κ1) is 18.1. The Balaban J connectivity index is 2.02. The Morgan fingerprint density at radius 1 is 1.29 bits per heavy atom. The Kier molecular flexibility index (Phi) is 6.43. The molecule has 0 aliphatic carbocycles. The van der Waals surface area contributed by atoms with Crippen LogP contribution in [0.25, 0.3) is 0 Å². The van der Waals surface area contributed by atoms with Gasteiger partial charge in [-0.05, 0) is 25.5 Å². The second-order valence-electron chi connectivity index (χ2n) is 5.68. The number of amides is 3. The standard InChI is InChI=1S/C17H25N3O4/c1-18-17(22)19-16(21)8-10-20-9-4-5-14(20)13-7-6-12(23-2)11-15(13)24-3/h6-7,11,14H,4-5,8-10H2,1-3H3,(H2,18,19,21,22)/t14-/m0/s1. The van der Waals surface area contributed by atoms with E-state index in [4.69, 9.17) is 9.47 Å². The summed E-state index contributed by atoms with van der Waals surface area (Å²) in [5.74, 6) is 1.27. The second kappa shape index (κ2) is 8.54. The molecule has 1 atom stereocenters. The number of methoxy groups -OCH3 is 2. The normalized spacial score (nSPS) is 17.4. The van der Waals surface area contributed by atoms with Crippen LogP contribution in [-0.2, 0) is 4.79 Å². The maximum absolute atomic E-state index is 11.8. The number of urea groups is 1. The van der Waals surface area contributed by atoms with Crippen molar-refractivity contribution in [2.24, 2.45) is 0 Å². The van der Waals surface area contributed by atoms with E-state index in [-0.39, 0.29) is 18.4 Å². The van der Waals surface area contributed by atoms with E-state index in [1.165, 1.54) is 7.05 Å². The number of rotatable bonds is 6. The van der Waals surface area contributed by atoms with Gasteiger partial charge in [0.1, 0.15) is 11.5 Å². The molecular formula is C17H25N3O4. The molecule has 1 aliphatic heterocycles. The SMILES string of the molecule is CNC(=O)NC(=O)CCN1CCC[C@H]1c1ccc(OC)cc1OC. The molecule has 1 heterocycles. The van der Waals surface area contributed by atoms with Crippen molar-refractivity contribution in [3.8, 4) is 11.5 Å². The highest BCUT2D eigenvalue weighted by Gasteiger charge is 2.28. The van der Waals surface area contributed by atoms with Crippen molar-refractivity contribution in [3.63, 3.8) is 0 Å². The smallest absolute Gasteiger partial charge is 0.321 e. The molecule has 132 valence electrons. The third-order valence-electron chi connectivity index (χ3n) is 4.27. The molecule has 1 aromatic carbocycles. The van der Waals surface area contributed by atoms with E-state index >= 15 is 0 Å². The number of nitrogens with zero attached hydrogens (tertiary/aromatic N) is 1. The summed E-state index contributed by atoms with van der Waals surface area (Å²) in [4.78, 5) is 25.2. The largest absolute Gasteiger partial charge is 0.497 e. The van der Waals surface area contributed by atoms with E-state index in [9.17, 15) is 9.59 Å². The summed E-state index contributed by atoms with van der Waals surface area (Å²) in [6, 6.07) is 5.55. The molecule has 0 spiro atoms. The van der Waals surface area contributed by atoms with E-state index in [0.717, 1.165) is 36.4 Å². The van der Waals surface area contributed by atoms with Gasteiger partial charge in [-0.1, -0.05) is 6.07 Å². The minimum atomic E-state index is -0.477. The molecule has 24 heavy (non-hydrogen) atoms. The van der Waals surface area contributed by atoms with Crippen LogP contribution < -0.4 is 20.1 Å². The lowest BCUT2D eigenvalue weighted by Crippen LogP contribution is -2.39. The zero-order chi connectivity index (χ0) is 17.5. The molecule has 7 heteroatoms. The lowest BCUT2D eigenvalue weighted by Gasteiger charge is -2.26. The molecule has 1 saturated heterocycles. The third kappa shape index (κ3) is 4.38. The Labute approximate surface area is 142 Å². The van der Waals surface area contributed by atoms with Crippen molar-refractivity contribution >= 4 is 11.9 Å². The second-order valence-corrected chi connectivity index (χ2v) is 5.68. The van der Waals surface area contributed by atoms with Gasteiger partial charge in [0.25, 0.3) is 0 Å². The van der Waals surface area contributed by atoms with Gasteiger partial charge < -0.3 is 14.8 Å². The third-order valence-corrected chi connectivity index (χ3v) is 4.27. The topological polar surface area (TPSA) is 79.9 Å². The fourth-order valence-corrected chi connectivity index (χ4v) is 3.04. The molecule has 1 fully saturated rings. The average Bonchev–Trinajstić information content (AvgIpc) is 3.07. The van der Waals surface area contributed by atoms with Gasteiger partial charge in [0.15, 0.2) is 0 Å². The van der Waals surface area contributed by atoms with Gasteiger partial charge in [-0.15, -0.1) is 0 Å². The fraction of sp³-hybridized carbons (Fsp3) is 0.529. The van der Waals surface area contributed by atoms with Crippen LogP contribution in [0.15, 0.2) is 18.2 Å². The summed E-state index contributed by atoms with van der Waals surface area (Å²) in [7, 11) is 4.75. The van der Waals surface area contributed by atoms with Gasteiger partial charge in [-0.2, -0.15) is 0 Å². The average molecular weight is 335 g/mol. The van der Waals surface area contributed by atoms with Gasteiger partial charge >= 0.3 is 6.03 Å². The van der Waals surface area contributed by atoms with Gasteiger partial charge in [0.05, 0.1) is 14.2 Å². The van der Waals surface area contributed by atoms with Crippen molar-refractivity contribution in [2.45, 2.75) is 25.3 Å². The lowest BCUT2D eigenvalue weighted by atomic mass is 10.0. The molecule has 0 bridgehead atoms. The minimum Gasteiger partial charge on any atom is -0.497 e. The van der Waals surface area contributed by atoms with Crippen LogP contribution in [0.1, 0.15) is 30.9 Å². The summed E-state index contributed by atoms with van der Waals surface area (Å²) in [5.41, 5.74) is 1.10. The van der Waals surface area contributed by atoms with Crippen molar-refractivity contribution in [2.75, 3.05) is 34.4 Å². The Morgan fingerprint density at radius 3 is 2.75 bits per heavy atom. The zero-order valence-corrected chi connectivity index (χ0v) is 14.4. The molecule has 2 rings (SSSR count). The van der Waals surface area contributed by atoms with Crippen LogP contribution in [0.5, 0.6) is 11.5 Å². The van der Waals surface area contributed by atoms with E-state index < -0.39 is 6.03 Å². The van der Waals surface area contributed by atoms with Crippen molar-refractivity contribution < 1.29 is 19.1 Å². The molecule has 0 saturated carbocycles. The quantitative estimate of drug-likeness (QED) is 0.827. The maximum Gasteiger partial charge on any atom is 0.321 e. The highest BCUT2D eigenvalue weighted by molar-refractivity contribution is 5.94. The van der Waals surface area contributed by atoms with Crippen LogP contribution in [-0.4, -0.2) is 51.2 Å². The van der Waals surface area contributed by atoms with E-state index in [1.54, 1.807) is 14.2 Å². The van der Waals surface area contributed by atoms with E-state index in [1.807, 2.05) is 18.2 Å². The summed E-state index contributed by atoms with van der Waals surface area (Å²) in [6.45, 7) is 1.52. The minimum absolute atomic E-state index is 0.207. The number of likely N-dealkylation sites (tertiary alicyclic amines) is 1. The van der Waals surface area contributed by atoms with E-state index in [0.29, 0.717) is 6.54 Å². The highest BCUT2D eigenvalue weighted by Crippen LogP contribution is 2.38. The highest BCUT2D eigenvalue weighted by atomic mass is 16.5. The molecule has 1 aliphatic rings. The monoisotopic (exact) mass is 335 g/mol. The van der Waals surface area contributed by atoms with Crippen LogP contribution in [0.2, 0.25) is 0 Å². The van der Waals surface area contributed by atoms with Crippen LogP contribution in [0.3, 0.4) is 0 Å². The lowest BCUT2D eigenvalue weighted by molar-refractivity contribution is -0.120. The number of ether oxygens (including phenoxy) is 2. The molecule has 0 radical (unpaired) electrons. The summed E-state index contributed by atoms with van der Waals surface area (Å²) < 4.78 is 10.7. The van der Waals surface area contributed by atoms with Crippen LogP contribution >= 0.6 is 0 Å². The predicted octanol–water partition coefficient (Wildman–Crippen LogP) is 1.69. The number of carbonyl (C=O) groups is 2.